The van der Waals surface area contributed by atoms with E-state index < -0.39 is 18.3 Å². The minimum atomic E-state index is -0.910. The summed E-state index contributed by atoms with van der Waals surface area (Å²) in [5.74, 6) is 15.3. The SMILES string of the molecule is C=CCCCC[C@@H](O)[C@H]1O[C@@H]1[C@H](O)C#CC#CC#CC. The van der Waals surface area contributed by atoms with Crippen LogP contribution in [0.3, 0.4) is 0 Å². The third kappa shape index (κ3) is 5.96. The first-order valence-electron chi connectivity index (χ1n) is 6.75. The van der Waals surface area contributed by atoms with E-state index >= 15 is 0 Å². The van der Waals surface area contributed by atoms with Crippen molar-refractivity contribution in [3.8, 4) is 35.5 Å². The summed E-state index contributed by atoms with van der Waals surface area (Å²) >= 11 is 0. The van der Waals surface area contributed by atoms with E-state index in [1.54, 1.807) is 6.92 Å². The molecular weight excluding hydrogens is 252 g/mol. The quantitative estimate of drug-likeness (QED) is 0.317. The number of hydrogen-bond donors (Lipinski definition) is 2. The molecule has 0 spiro atoms. The van der Waals surface area contributed by atoms with Gasteiger partial charge in [-0.15, -0.1) is 6.58 Å². The second-order valence-corrected chi connectivity index (χ2v) is 4.54. The van der Waals surface area contributed by atoms with Crippen LogP contribution < -0.4 is 0 Å². The molecule has 3 heteroatoms. The summed E-state index contributed by atoms with van der Waals surface area (Å²) < 4.78 is 5.28. The average Bonchev–Trinajstić information content (AvgIpc) is 3.23. The van der Waals surface area contributed by atoms with Crippen LogP contribution in [-0.2, 0) is 4.74 Å². The van der Waals surface area contributed by atoms with Crippen LogP contribution in [0.4, 0.5) is 0 Å². The largest absolute Gasteiger partial charge is 0.390 e. The molecule has 0 amide bonds. The highest BCUT2D eigenvalue weighted by Crippen LogP contribution is 2.30. The molecule has 0 radical (unpaired) electrons. The molecule has 0 saturated carbocycles. The van der Waals surface area contributed by atoms with Gasteiger partial charge in [0.2, 0.25) is 0 Å². The Bertz CT molecular complexity index is 490. The standard InChI is InChI=1S/C17H20O3/c1-3-5-7-9-11-13-15(19)17-16(20-17)14(18)12-10-8-6-4-2/h4,14-19H,2,6,8,10,12H2,1H3/t14-,15-,16-,17-/m1/s1. The van der Waals surface area contributed by atoms with Crippen molar-refractivity contribution in [1.82, 2.24) is 0 Å². The predicted octanol–water partition coefficient (Wildman–Crippen LogP) is 1.25. The van der Waals surface area contributed by atoms with E-state index in [0.717, 1.165) is 19.3 Å². The van der Waals surface area contributed by atoms with Gasteiger partial charge in [-0.1, -0.05) is 24.3 Å². The maximum atomic E-state index is 9.89. The van der Waals surface area contributed by atoms with Crippen LogP contribution in [0.15, 0.2) is 12.7 Å². The number of aliphatic hydroxyl groups is 2. The molecule has 1 aliphatic heterocycles. The monoisotopic (exact) mass is 272 g/mol. The average molecular weight is 272 g/mol. The van der Waals surface area contributed by atoms with Crippen molar-refractivity contribution >= 4 is 0 Å². The van der Waals surface area contributed by atoms with Crippen molar-refractivity contribution in [3.63, 3.8) is 0 Å². The Kier molecular flexibility index (Phi) is 7.56. The van der Waals surface area contributed by atoms with E-state index in [0.29, 0.717) is 6.42 Å². The van der Waals surface area contributed by atoms with E-state index in [-0.39, 0.29) is 6.10 Å². The number of rotatable bonds is 7. The molecule has 20 heavy (non-hydrogen) atoms. The first-order valence-corrected chi connectivity index (χ1v) is 6.75. The van der Waals surface area contributed by atoms with Gasteiger partial charge in [-0.05, 0) is 49.9 Å². The third-order valence-corrected chi connectivity index (χ3v) is 2.94. The molecule has 1 aliphatic rings. The zero-order valence-corrected chi connectivity index (χ0v) is 11.7. The lowest BCUT2D eigenvalue weighted by atomic mass is 10.0. The Morgan fingerprint density at radius 2 is 1.90 bits per heavy atom. The number of epoxide rings is 1. The highest BCUT2D eigenvalue weighted by Gasteiger charge is 2.48. The second kappa shape index (κ2) is 9.24. The van der Waals surface area contributed by atoms with Gasteiger partial charge >= 0.3 is 0 Å². The Morgan fingerprint density at radius 1 is 1.15 bits per heavy atom. The van der Waals surface area contributed by atoms with Crippen molar-refractivity contribution in [3.05, 3.63) is 12.7 Å². The molecular formula is C17H20O3. The molecule has 0 aromatic rings. The van der Waals surface area contributed by atoms with Gasteiger partial charge in [0.25, 0.3) is 0 Å². The fourth-order valence-electron chi connectivity index (χ4n) is 1.82. The minimum Gasteiger partial charge on any atom is -0.390 e. The van der Waals surface area contributed by atoms with Crippen molar-refractivity contribution in [2.24, 2.45) is 0 Å². The van der Waals surface area contributed by atoms with Gasteiger partial charge < -0.3 is 14.9 Å². The summed E-state index contributed by atoms with van der Waals surface area (Å²) in [7, 11) is 0. The number of ether oxygens (including phenoxy) is 1. The zero-order valence-electron chi connectivity index (χ0n) is 11.7. The number of hydrogen-bond acceptors (Lipinski definition) is 3. The van der Waals surface area contributed by atoms with E-state index in [1.165, 1.54) is 0 Å². The Labute approximate surface area is 121 Å². The lowest BCUT2D eigenvalue weighted by Gasteiger charge is -2.06. The molecule has 106 valence electrons. The lowest BCUT2D eigenvalue weighted by Crippen LogP contribution is -2.22. The molecule has 1 heterocycles. The van der Waals surface area contributed by atoms with Crippen LogP contribution in [0.5, 0.6) is 0 Å². The summed E-state index contributed by atoms with van der Waals surface area (Å²) in [4.78, 5) is 0. The second-order valence-electron chi connectivity index (χ2n) is 4.54. The molecule has 0 unspecified atom stereocenters. The van der Waals surface area contributed by atoms with Gasteiger partial charge in [0.05, 0.1) is 6.10 Å². The summed E-state index contributed by atoms with van der Waals surface area (Å²) in [6.07, 6.45) is 3.24. The number of aliphatic hydroxyl groups excluding tert-OH is 2. The minimum absolute atomic E-state index is 0.313. The van der Waals surface area contributed by atoms with Crippen LogP contribution in [-0.4, -0.2) is 34.6 Å². The predicted molar refractivity (Wildman–Crippen MR) is 78.3 cm³/mol. The van der Waals surface area contributed by atoms with Gasteiger partial charge in [-0.3, -0.25) is 0 Å². The normalized spacial score (nSPS) is 21.9. The van der Waals surface area contributed by atoms with Crippen LogP contribution >= 0.6 is 0 Å². The van der Waals surface area contributed by atoms with E-state index in [2.05, 4.69) is 42.1 Å². The molecule has 1 rings (SSSR count). The Balaban J connectivity index is 2.28. The maximum Gasteiger partial charge on any atom is 0.144 e. The molecule has 0 aliphatic carbocycles. The number of unbranched alkanes of at least 4 members (excludes halogenated alkanes) is 2. The molecule has 0 bridgehead atoms. The summed E-state index contributed by atoms with van der Waals surface area (Å²) in [6, 6.07) is 0. The van der Waals surface area contributed by atoms with Gasteiger partial charge in [0.15, 0.2) is 0 Å². The van der Waals surface area contributed by atoms with Crippen LogP contribution in [0.2, 0.25) is 0 Å². The van der Waals surface area contributed by atoms with E-state index in [9.17, 15) is 10.2 Å². The van der Waals surface area contributed by atoms with E-state index in [4.69, 9.17) is 4.74 Å². The smallest absolute Gasteiger partial charge is 0.144 e. The molecule has 1 fully saturated rings. The molecule has 4 atom stereocenters. The highest BCUT2D eigenvalue weighted by molar-refractivity contribution is 5.36. The fraction of sp³-hybridized carbons (Fsp3) is 0.529. The Morgan fingerprint density at radius 3 is 2.60 bits per heavy atom. The van der Waals surface area contributed by atoms with Crippen molar-refractivity contribution in [2.75, 3.05) is 0 Å². The van der Waals surface area contributed by atoms with Gasteiger partial charge in [-0.25, -0.2) is 0 Å². The zero-order chi connectivity index (χ0) is 14.8. The van der Waals surface area contributed by atoms with Gasteiger partial charge in [0.1, 0.15) is 18.3 Å². The molecule has 3 nitrogen and oxygen atoms in total. The molecule has 0 aromatic carbocycles. The summed E-state index contributed by atoms with van der Waals surface area (Å²) in [5.41, 5.74) is 0. The maximum absolute atomic E-state index is 9.89. The van der Waals surface area contributed by atoms with Crippen molar-refractivity contribution in [1.29, 1.82) is 0 Å². The van der Waals surface area contributed by atoms with Crippen molar-refractivity contribution in [2.45, 2.75) is 57.0 Å². The van der Waals surface area contributed by atoms with Gasteiger partial charge in [-0.2, -0.15) is 0 Å². The first kappa shape index (κ1) is 16.4. The first-order chi connectivity index (χ1) is 9.70. The van der Waals surface area contributed by atoms with Crippen molar-refractivity contribution < 1.29 is 14.9 Å². The topological polar surface area (TPSA) is 53.0 Å². The van der Waals surface area contributed by atoms with Gasteiger partial charge in [0, 0.05) is 0 Å². The molecule has 2 N–H and O–H groups in total. The summed E-state index contributed by atoms with van der Waals surface area (Å²) in [5, 5.41) is 19.6. The molecule has 0 aromatic heterocycles. The number of allylic oxidation sites excluding steroid dienone is 1. The van der Waals surface area contributed by atoms with Crippen LogP contribution in [0.1, 0.15) is 32.6 Å². The lowest BCUT2D eigenvalue weighted by molar-refractivity contribution is 0.123. The van der Waals surface area contributed by atoms with Crippen LogP contribution in [0, 0.1) is 35.5 Å². The third-order valence-electron chi connectivity index (χ3n) is 2.94. The van der Waals surface area contributed by atoms with E-state index in [1.807, 2.05) is 6.08 Å². The van der Waals surface area contributed by atoms with Crippen LogP contribution in [0.25, 0.3) is 0 Å². The fourth-order valence-corrected chi connectivity index (χ4v) is 1.82. The highest BCUT2D eigenvalue weighted by atomic mass is 16.6. The molecule has 1 saturated heterocycles. The summed E-state index contributed by atoms with van der Waals surface area (Å²) in [6.45, 7) is 5.34. The Hall–Kier alpha value is -1.70.